The first-order chi connectivity index (χ1) is 10.1. The van der Waals surface area contributed by atoms with Gasteiger partial charge in [-0.1, -0.05) is 29.8 Å². The van der Waals surface area contributed by atoms with Crippen LogP contribution < -0.4 is 4.90 Å². The minimum Gasteiger partial charge on any atom is -0.367 e. The summed E-state index contributed by atoms with van der Waals surface area (Å²) in [6.07, 6.45) is 3.49. The largest absolute Gasteiger partial charge is 0.367 e. The minimum absolute atomic E-state index is 0.188. The van der Waals surface area contributed by atoms with Gasteiger partial charge in [-0.05, 0) is 55.5 Å². The lowest BCUT2D eigenvalue weighted by Crippen LogP contribution is -2.25. The third-order valence-corrected chi connectivity index (χ3v) is 4.28. The number of carbonyl (C=O) groups excluding carboxylic acids is 1. The van der Waals surface area contributed by atoms with E-state index in [9.17, 15) is 4.79 Å². The maximum absolute atomic E-state index is 12.5. The van der Waals surface area contributed by atoms with Gasteiger partial charge in [-0.2, -0.15) is 0 Å². The second-order valence-corrected chi connectivity index (χ2v) is 5.95. The van der Waals surface area contributed by atoms with Crippen molar-refractivity contribution in [2.75, 3.05) is 18.5 Å². The first-order valence-electron chi connectivity index (χ1n) is 7.56. The van der Waals surface area contributed by atoms with Crippen LogP contribution in [-0.2, 0) is 12.8 Å². The molecule has 0 aliphatic heterocycles. The monoisotopic (exact) mass is 279 g/mol. The molecule has 0 amide bonds. The summed E-state index contributed by atoms with van der Waals surface area (Å²) in [7, 11) is 1.97. The van der Waals surface area contributed by atoms with Crippen molar-refractivity contribution in [3.05, 3.63) is 64.7 Å². The topological polar surface area (TPSA) is 20.3 Å². The first-order valence-corrected chi connectivity index (χ1v) is 7.56. The highest BCUT2D eigenvalue weighted by atomic mass is 16.1. The van der Waals surface area contributed by atoms with Crippen molar-refractivity contribution in [3.63, 3.8) is 0 Å². The third kappa shape index (κ3) is 2.99. The van der Waals surface area contributed by atoms with E-state index in [1.807, 2.05) is 18.0 Å². The van der Waals surface area contributed by atoms with Gasteiger partial charge in [0.15, 0.2) is 5.78 Å². The number of nitrogens with zero attached hydrogens (tertiary/aromatic N) is 1. The van der Waals surface area contributed by atoms with Crippen LogP contribution in [0.2, 0.25) is 0 Å². The van der Waals surface area contributed by atoms with Gasteiger partial charge in [-0.25, -0.2) is 0 Å². The van der Waals surface area contributed by atoms with Gasteiger partial charge in [0.2, 0.25) is 0 Å². The zero-order chi connectivity index (χ0) is 14.8. The highest BCUT2D eigenvalue weighted by Gasteiger charge is 2.15. The summed E-state index contributed by atoms with van der Waals surface area (Å²) in [6, 6.07) is 14.5. The molecule has 2 heteroatoms. The van der Waals surface area contributed by atoms with E-state index in [4.69, 9.17) is 0 Å². The van der Waals surface area contributed by atoms with Gasteiger partial charge < -0.3 is 4.90 Å². The molecule has 0 radical (unpaired) electrons. The average molecular weight is 279 g/mol. The molecule has 0 saturated heterocycles. The molecule has 0 atom stereocenters. The number of likely N-dealkylation sites (N-methyl/N-ethyl adjacent to an activating group) is 1. The lowest BCUT2D eigenvalue weighted by atomic mass is 10.0. The smallest absolute Gasteiger partial charge is 0.182 e. The summed E-state index contributed by atoms with van der Waals surface area (Å²) >= 11 is 0. The van der Waals surface area contributed by atoms with E-state index in [1.165, 1.54) is 23.1 Å². The van der Waals surface area contributed by atoms with Gasteiger partial charge in [0, 0.05) is 18.3 Å². The lowest BCUT2D eigenvalue weighted by molar-refractivity contribution is 0.100. The number of ketones is 1. The quantitative estimate of drug-likeness (QED) is 0.793. The van der Waals surface area contributed by atoms with E-state index in [0.717, 1.165) is 24.1 Å². The van der Waals surface area contributed by atoms with E-state index in [-0.39, 0.29) is 5.78 Å². The zero-order valence-electron chi connectivity index (χ0n) is 12.7. The van der Waals surface area contributed by atoms with Crippen LogP contribution in [0.3, 0.4) is 0 Å². The standard InChI is InChI=1S/C19H21NO/c1-14-6-10-18(11-7-14)20(2)13-19(21)17-9-8-15-4-3-5-16(15)12-17/h6-12H,3-5,13H2,1-2H3. The summed E-state index contributed by atoms with van der Waals surface area (Å²) < 4.78 is 0. The van der Waals surface area contributed by atoms with Gasteiger partial charge >= 0.3 is 0 Å². The van der Waals surface area contributed by atoms with Crippen molar-refractivity contribution in [2.45, 2.75) is 26.2 Å². The number of hydrogen-bond donors (Lipinski definition) is 0. The van der Waals surface area contributed by atoms with E-state index >= 15 is 0 Å². The maximum atomic E-state index is 12.5. The Bertz CT molecular complexity index is 658. The van der Waals surface area contributed by atoms with Gasteiger partial charge in [0.25, 0.3) is 0 Å². The normalized spacial score (nSPS) is 13.0. The van der Waals surface area contributed by atoms with E-state index in [1.54, 1.807) is 0 Å². The van der Waals surface area contributed by atoms with E-state index < -0.39 is 0 Å². The number of anilines is 1. The molecule has 1 aliphatic carbocycles. The van der Waals surface area contributed by atoms with Crippen LogP contribution in [0.15, 0.2) is 42.5 Å². The van der Waals surface area contributed by atoms with Crippen LogP contribution in [0.5, 0.6) is 0 Å². The van der Waals surface area contributed by atoms with E-state index in [0.29, 0.717) is 6.54 Å². The summed E-state index contributed by atoms with van der Waals surface area (Å²) in [5.41, 5.74) is 5.93. The fourth-order valence-electron chi connectivity index (χ4n) is 2.94. The summed E-state index contributed by atoms with van der Waals surface area (Å²) in [6.45, 7) is 2.49. The summed E-state index contributed by atoms with van der Waals surface area (Å²) in [4.78, 5) is 14.5. The van der Waals surface area contributed by atoms with Crippen molar-refractivity contribution in [1.82, 2.24) is 0 Å². The molecule has 0 heterocycles. The molecular weight excluding hydrogens is 258 g/mol. The fraction of sp³-hybridized carbons (Fsp3) is 0.316. The Morgan fingerprint density at radius 1 is 1.05 bits per heavy atom. The molecule has 0 fully saturated rings. The maximum Gasteiger partial charge on any atom is 0.182 e. The predicted octanol–water partition coefficient (Wildman–Crippen LogP) is 3.80. The van der Waals surface area contributed by atoms with Crippen molar-refractivity contribution in [3.8, 4) is 0 Å². The first kappa shape index (κ1) is 13.9. The van der Waals surface area contributed by atoms with Crippen LogP contribution >= 0.6 is 0 Å². The van der Waals surface area contributed by atoms with Crippen LogP contribution in [0, 0.1) is 6.92 Å². The molecule has 0 N–H and O–H groups in total. The highest BCUT2D eigenvalue weighted by Crippen LogP contribution is 2.23. The highest BCUT2D eigenvalue weighted by molar-refractivity contribution is 5.99. The molecule has 2 nitrogen and oxygen atoms in total. The number of carbonyl (C=O) groups is 1. The molecular formula is C19H21NO. The third-order valence-electron chi connectivity index (χ3n) is 4.28. The summed E-state index contributed by atoms with van der Waals surface area (Å²) in [5.74, 6) is 0.188. The zero-order valence-corrected chi connectivity index (χ0v) is 12.7. The molecule has 2 aromatic carbocycles. The Balaban J connectivity index is 1.72. The Hall–Kier alpha value is -2.09. The number of hydrogen-bond acceptors (Lipinski definition) is 2. The molecule has 0 unspecified atom stereocenters. The SMILES string of the molecule is Cc1ccc(N(C)CC(=O)c2ccc3c(c2)CCC3)cc1. The van der Waals surface area contributed by atoms with Crippen molar-refractivity contribution in [2.24, 2.45) is 0 Å². The predicted molar refractivity (Wildman–Crippen MR) is 87.2 cm³/mol. The Kier molecular flexibility index (Phi) is 3.78. The fourth-order valence-corrected chi connectivity index (χ4v) is 2.94. The van der Waals surface area contributed by atoms with Crippen molar-refractivity contribution in [1.29, 1.82) is 0 Å². The van der Waals surface area contributed by atoms with Crippen LogP contribution in [0.25, 0.3) is 0 Å². The molecule has 0 aromatic heterocycles. The average Bonchev–Trinajstić information content (AvgIpc) is 2.95. The van der Waals surface area contributed by atoms with Crippen molar-refractivity contribution >= 4 is 11.5 Å². The second kappa shape index (κ2) is 5.72. The van der Waals surface area contributed by atoms with Gasteiger partial charge in [-0.15, -0.1) is 0 Å². The van der Waals surface area contributed by atoms with Gasteiger partial charge in [0.1, 0.15) is 0 Å². The second-order valence-electron chi connectivity index (χ2n) is 5.95. The van der Waals surface area contributed by atoms with E-state index in [2.05, 4.69) is 43.3 Å². The molecule has 3 rings (SSSR count). The molecule has 1 aliphatic rings. The van der Waals surface area contributed by atoms with Crippen LogP contribution in [0.4, 0.5) is 5.69 Å². The Morgan fingerprint density at radius 3 is 2.52 bits per heavy atom. The molecule has 0 bridgehead atoms. The summed E-state index contributed by atoms with van der Waals surface area (Å²) in [5, 5.41) is 0. The van der Waals surface area contributed by atoms with Gasteiger partial charge in [-0.3, -0.25) is 4.79 Å². The molecule has 2 aromatic rings. The number of Topliss-reactive ketones (excluding diaryl/α,β-unsaturated/α-hetero) is 1. The number of aryl methyl sites for hydroxylation is 3. The Morgan fingerprint density at radius 2 is 1.76 bits per heavy atom. The number of benzene rings is 2. The molecule has 21 heavy (non-hydrogen) atoms. The minimum atomic E-state index is 0.188. The lowest BCUT2D eigenvalue weighted by Gasteiger charge is -2.18. The molecule has 108 valence electrons. The van der Waals surface area contributed by atoms with Gasteiger partial charge in [0.05, 0.1) is 6.54 Å². The molecule has 0 saturated carbocycles. The number of rotatable bonds is 4. The molecule has 0 spiro atoms. The Labute approximate surface area is 126 Å². The van der Waals surface area contributed by atoms with Crippen LogP contribution in [-0.4, -0.2) is 19.4 Å². The van der Waals surface area contributed by atoms with Crippen molar-refractivity contribution < 1.29 is 4.79 Å². The number of fused-ring (bicyclic) bond motifs is 1. The van der Waals surface area contributed by atoms with Crippen LogP contribution in [0.1, 0.15) is 33.5 Å².